The van der Waals surface area contributed by atoms with Gasteiger partial charge in [0.25, 0.3) is 0 Å². The molecule has 5 heteroatoms. The lowest BCUT2D eigenvalue weighted by Crippen LogP contribution is -2.25. The van der Waals surface area contributed by atoms with Crippen LogP contribution >= 0.6 is 11.6 Å². The van der Waals surface area contributed by atoms with Crippen LogP contribution in [0.5, 0.6) is 0 Å². The number of nitrogens with one attached hydrogen (secondary N) is 1. The average Bonchev–Trinajstić information content (AvgIpc) is 2.42. The molecule has 1 aromatic carbocycles. The number of oxime groups is 1. The molecule has 0 aliphatic rings. The average molecular weight is 284 g/mol. The van der Waals surface area contributed by atoms with Crippen LogP contribution in [-0.2, 0) is 6.54 Å². The van der Waals surface area contributed by atoms with E-state index < -0.39 is 0 Å². The second kappa shape index (κ2) is 8.02. The predicted molar refractivity (Wildman–Crippen MR) is 79.8 cm³/mol. The monoisotopic (exact) mass is 283 g/mol. The molecule has 0 heterocycles. The first-order valence-corrected chi connectivity index (χ1v) is 6.96. The summed E-state index contributed by atoms with van der Waals surface area (Å²) in [5, 5.41) is 15.6. The van der Waals surface area contributed by atoms with Gasteiger partial charge in [-0.3, -0.25) is 0 Å². The molecule has 106 valence electrons. The Morgan fingerprint density at radius 3 is 2.84 bits per heavy atom. The number of nitrogens with two attached hydrogens (primary N) is 1. The van der Waals surface area contributed by atoms with Gasteiger partial charge in [-0.15, -0.1) is 0 Å². The molecular weight excluding hydrogens is 262 g/mol. The van der Waals surface area contributed by atoms with Crippen molar-refractivity contribution in [1.29, 1.82) is 0 Å². The van der Waals surface area contributed by atoms with Crippen LogP contribution in [0.4, 0.5) is 0 Å². The zero-order valence-corrected chi connectivity index (χ0v) is 12.2. The Morgan fingerprint density at radius 1 is 1.53 bits per heavy atom. The predicted octanol–water partition coefficient (Wildman–Crippen LogP) is 3.10. The van der Waals surface area contributed by atoms with Crippen molar-refractivity contribution in [2.75, 3.05) is 0 Å². The molecule has 1 aromatic rings. The largest absolute Gasteiger partial charge is 0.409 e. The fourth-order valence-corrected chi connectivity index (χ4v) is 2.05. The van der Waals surface area contributed by atoms with E-state index in [1.54, 1.807) is 12.1 Å². The fourth-order valence-electron chi connectivity index (χ4n) is 1.80. The molecule has 0 aliphatic heterocycles. The summed E-state index contributed by atoms with van der Waals surface area (Å²) in [6.45, 7) is 5.09. The van der Waals surface area contributed by atoms with Gasteiger partial charge in [0, 0.05) is 23.2 Å². The molecule has 0 bridgehead atoms. The number of rotatable bonds is 7. The topological polar surface area (TPSA) is 70.6 Å². The van der Waals surface area contributed by atoms with Crippen molar-refractivity contribution in [1.82, 2.24) is 5.32 Å². The zero-order valence-electron chi connectivity index (χ0n) is 11.5. The first kappa shape index (κ1) is 15.8. The van der Waals surface area contributed by atoms with Crippen molar-refractivity contribution < 1.29 is 5.21 Å². The minimum Gasteiger partial charge on any atom is -0.409 e. The maximum Gasteiger partial charge on any atom is 0.170 e. The summed E-state index contributed by atoms with van der Waals surface area (Å²) in [5.41, 5.74) is 7.15. The Bertz CT molecular complexity index is 435. The fraction of sp³-hybridized carbons (Fsp3) is 0.500. The molecule has 1 atom stereocenters. The van der Waals surface area contributed by atoms with E-state index in [1.807, 2.05) is 6.07 Å². The molecule has 0 spiro atoms. The van der Waals surface area contributed by atoms with E-state index in [-0.39, 0.29) is 5.84 Å². The van der Waals surface area contributed by atoms with Gasteiger partial charge in [-0.2, -0.15) is 0 Å². The van der Waals surface area contributed by atoms with E-state index in [0.717, 1.165) is 18.5 Å². The number of hydrogen-bond donors (Lipinski definition) is 3. The van der Waals surface area contributed by atoms with Gasteiger partial charge < -0.3 is 16.3 Å². The van der Waals surface area contributed by atoms with Gasteiger partial charge in [-0.05, 0) is 25.0 Å². The van der Waals surface area contributed by atoms with Crippen LogP contribution in [0.2, 0.25) is 5.02 Å². The van der Waals surface area contributed by atoms with Gasteiger partial charge >= 0.3 is 0 Å². The Hall–Kier alpha value is -1.26. The van der Waals surface area contributed by atoms with Crippen molar-refractivity contribution in [3.05, 3.63) is 34.3 Å². The second-order valence-corrected chi connectivity index (χ2v) is 5.12. The van der Waals surface area contributed by atoms with Gasteiger partial charge in [-0.25, -0.2) is 0 Å². The lowest BCUT2D eigenvalue weighted by Gasteiger charge is -2.14. The molecule has 19 heavy (non-hydrogen) atoms. The van der Waals surface area contributed by atoms with Gasteiger partial charge in [0.05, 0.1) is 0 Å². The first-order valence-electron chi connectivity index (χ1n) is 6.58. The van der Waals surface area contributed by atoms with Crippen molar-refractivity contribution in [3.63, 3.8) is 0 Å². The Balaban J connectivity index is 2.60. The number of halogens is 1. The van der Waals surface area contributed by atoms with E-state index in [0.29, 0.717) is 16.6 Å². The molecule has 0 aliphatic carbocycles. The van der Waals surface area contributed by atoms with E-state index in [9.17, 15) is 0 Å². The van der Waals surface area contributed by atoms with Crippen LogP contribution in [-0.4, -0.2) is 17.1 Å². The number of unbranched alkanes of at least 4 members (excludes halogenated alkanes) is 1. The highest BCUT2D eigenvalue weighted by Gasteiger charge is 2.06. The van der Waals surface area contributed by atoms with Crippen LogP contribution in [0.3, 0.4) is 0 Å². The smallest absolute Gasteiger partial charge is 0.170 e. The van der Waals surface area contributed by atoms with Crippen molar-refractivity contribution in [2.45, 2.75) is 45.7 Å². The highest BCUT2D eigenvalue weighted by molar-refractivity contribution is 6.31. The second-order valence-electron chi connectivity index (χ2n) is 4.72. The van der Waals surface area contributed by atoms with Gasteiger partial charge in [-0.1, -0.05) is 48.7 Å². The zero-order chi connectivity index (χ0) is 14.3. The minimum atomic E-state index is 0.0673. The van der Waals surface area contributed by atoms with Crippen LogP contribution < -0.4 is 11.1 Å². The molecule has 0 amide bonds. The van der Waals surface area contributed by atoms with E-state index in [2.05, 4.69) is 24.3 Å². The number of benzene rings is 1. The Labute approximate surface area is 119 Å². The van der Waals surface area contributed by atoms with Crippen molar-refractivity contribution in [3.8, 4) is 0 Å². The first-order chi connectivity index (χ1) is 9.08. The molecule has 0 radical (unpaired) electrons. The summed E-state index contributed by atoms with van der Waals surface area (Å²) in [7, 11) is 0. The molecule has 0 aromatic heterocycles. The molecule has 0 saturated heterocycles. The summed E-state index contributed by atoms with van der Waals surface area (Å²) < 4.78 is 0. The quantitative estimate of drug-likeness (QED) is 0.312. The van der Waals surface area contributed by atoms with Crippen molar-refractivity contribution >= 4 is 17.4 Å². The Morgan fingerprint density at radius 2 is 2.26 bits per heavy atom. The number of nitrogens with zero attached hydrogens (tertiary/aromatic N) is 1. The van der Waals surface area contributed by atoms with Crippen LogP contribution in [0.1, 0.15) is 44.2 Å². The summed E-state index contributed by atoms with van der Waals surface area (Å²) in [6.07, 6.45) is 3.60. The highest BCUT2D eigenvalue weighted by atomic mass is 35.5. The molecular formula is C14H22ClN3O. The highest BCUT2D eigenvalue weighted by Crippen LogP contribution is 2.18. The third-order valence-electron chi connectivity index (χ3n) is 3.09. The standard InChI is InChI=1S/C14H22ClN3O/c1-3-4-5-10(2)17-9-12-7-6-11(8-13(12)15)14(16)18-19/h6-8,10,17,19H,3-5,9H2,1-2H3,(H2,16,18). The number of hydrogen-bond acceptors (Lipinski definition) is 3. The molecule has 1 rings (SSSR count). The molecule has 4 N–H and O–H groups in total. The van der Waals surface area contributed by atoms with Crippen LogP contribution in [0.15, 0.2) is 23.4 Å². The minimum absolute atomic E-state index is 0.0673. The number of amidine groups is 1. The maximum absolute atomic E-state index is 8.61. The maximum atomic E-state index is 8.61. The summed E-state index contributed by atoms with van der Waals surface area (Å²) >= 11 is 6.19. The van der Waals surface area contributed by atoms with Crippen LogP contribution in [0, 0.1) is 0 Å². The normalized spacial score (nSPS) is 13.5. The molecule has 0 saturated carbocycles. The van der Waals surface area contributed by atoms with Gasteiger partial charge in [0.2, 0.25) is 0 Å². The molecule has 4 nitrogen and oxygen atoms in total. The van der Waals surface area contributed by atoms with Crippen LogP contribution in [0.25, 0.3) is 0 Å². The lowest BCUT2D eigenvalue weighted by molar-refractivity contribution is 0.318. The van der Waals surface area contributed by atoms with E-state index in [1.165, 1.54) is 12.8 Å². The summed E-state index contributed by atoms with van der Waals surface area (Å²) in [6, 6.07) is 5.88. The van der Waals surface area contributed by atoms with Crippen molar-refractivity contribution in [2.24, 2.45) is 10.9 Å². The summed E-state index contributed by atoms with van der Waals surface area (Å²) in [4.78, 5) is 0. The lowest BCUT2D eigenvalue weighted by atomic mass is 10.1. The van der Waals surface area contributed by atoms with E-state index >= 15 is 0 Å². The molecule has 0 fully saturated rings. The van der Waals surface area contributed by atoms with Gasteiger partial charge in [0.1, 0.15) is 0 Å². The summed E-state index contributed by atoms with van der Waals surface area (Å²) in [5.74, 6) is 0.0673. The SMILES string of the molecule is CCCCC(C)NCc1ccc(/C(N)=N/O)cc1Cl. The van der Waals surface area contributed by atoms with E-state index in [4.69, 9.17) is 22.5 Å². The van der Waals surface area contributed by atoms with Gasteiger partial charge in [0.15, 0.2) is 5.84 Å². The third-order valence-corrected chi connectivity index (χ3v) is 3.44. The molecule has 1 unspecified atom stereocenters. The third kappa shape index (κ3) is 5.09. The Kier molecular flexibility index (Phi) is 6.67.